The number of rotatable bonds is 4. The van der Waals surface area contributed by atoms with Crippen molar-refractivity contribution in [3.63, 3.8) is 0 Å². The van der Waals surface area contributed by atoms with Crippen molar-refractivity contribution in [2.45, 2.75) is 19.9 Å². The summed E-state index contributed by atoms with van der Waals surface area (Å²) in [5.41, 5.74) is 1.41. The Hall–Kier alpha value is -1.94. The molecule has 2 aromatic rings. The van der Waals surface area contributed by atoms with Gasteiger partial charge in [0, 0.05) is 11.6 Å². The largest absolute Gasteiger partial charge is 0.457 e. The van der Waals surface area contributed by atoms with Crippen molar-refractivity contribution in [2.24, 2.45) is 0 Å². The van der Waals surface area contributed by atoms with Gasteiger partial charge < -0.3 is 10.1 Å². The smallest absolute Gasteiger partial charge is 0.132 e. The SMILES string of the molecule is CNC(C)c1cc(F)ccc1Oc1ccc(F)cc1C. The van der Waals surface area contributed by atoms with Gasteiger partial charge in [-0.1, -0.05) is 0 Å². The summed E-state index contributed by atoms with van der Waals surface area (Å²) in [6.07, 6.45) is 0. The highest BCUT2D eigenvalue weighted by Crippen LogP contribution is 2.32. The molecule has 1 unspecified atom stereocenters. The molecular weight excluding hydrogens is 260 g/mol. The number of hydrogen-bond donors (Lipinski definition) is 1. The van der Waals surface area contributed by atoms with Gasteiger partial charge in [0.2, 0.25) is 0 Å². The Labute approximate surface area is 117 Å². The van der Waals surface area contributed by atoms with Crippen LogP contribution in [0.5, 0.6) is 11.5 Å². The molecule has 4 heteroatoms. The molecule has 0 saturated heterocycles. The number of ether oxygens (including phenoxy) is 1. The Balaban J connectivity index is 2.37. The standard InChI is InChI=1S/C16H17F2NO/c1-10-8-12(17)4-6-15(10)20-16-7-5-13(18)9-14(16)11(2)19-3/h4-9,11,19H,1-3H3. The second-order valence-electron chi connectivity index (χ2n) is 4.70. The van der Waals surface area contributed by atoms with E-state index in [1.807, 2.05) is 6.92 Å². The third-order valence-corrected chi connectivity index (χ3v) is 3.23. The topological polar surface area (TPSA) is 21.3 Å². The van der Waals surface area contributed by atoms with Gasteiger partial charge in [0.25, 0.3) is 0 Å². The normalized spacial score (nSPS) is 12.2. The first kappa shape index (κ1) is 14.5. The number of benzene rings is 2. The average Bonchev–Trinajstić information content (AvgIpc) is 2.42. The molecule has 0 amide bonds. The Morgan fingerprint density at radius 1 is 1.00 bits per heavy atom. The zero-order chi connectivity index (χ0) is 14.7. The van der Waals surface area contributed by atoms with Crippen LogP contribution in [0.2, 0.25) is 0 Å². The Bertz CT molecular complexity index is 613. The Kier molecular flexibility index (Phi) is 4.35. The van der Waals surface area contributed by atoms with E-state index in [9.17, 15) is 8.78 Å². The van der Waals surface area contributed by atoms with E-state index >= 15 is 0 Å². The lowest BCUT2D eigenvalue weighted by molar-refractivity contribution is 0.458. The van der Waals surface area contributed by atoms with Crippen molar-refractivity contribution in [2.75, 3.05) is 7.05 Å². The molecule has 0 aliphatic heterocycles. The summed E-state index contributed by atoms with van der Waals surface area (Å²) >= 11 is 0. The molecule has 106 valence electrons. The van der Waals surface area contributed by atoms with Crippen LogP contribution in [0.15, 0.2) is 36.4 Å². The minimum atomic E-state index is -0.315. The van der Waals surface area contributed by atoms with E-state index in [4.69, 9.17) is 4.74 Å². The first-order valence-corrected chi connectivity index (χ1v) is 6.42. The molecule has 2 rings (SSSR count). The third kappa shape index (κ3) is 3.14. The van der Waals surface area contributed by atoms with Gasteiger partial charge in [0.05, 0.1) is 0 Å². The molecule has 0 aliphatic carbocycles. The van der Waals surface area contributed by atoms with Gasteiger partial charge in [0.15, 0.2) is 0 Å². The average molecular weight is 277 g/mol. The van der Waals surface area contributed by atoms with E-state index in [2.05, 4.69) is 5.32 Å². The Morgan fingerprint density at radius 2 is 1.60 bits per heavy atom. The second-order valence-corrected chi connectivity index (χ2v) is 4.70. The van der Waals surface area contributed by atoms with E-state index in [1.165, 1.54) is 24.3 Å². The zero-order valence-corrected chi connectivity index (χ0v) is 11.7. The van der Waals surface area contributed by atoms with Crippen molar-refractivity contribution >= 4 is 0 Å². The van der Waals surface area contributed by atoms with Gasteiger partial charge in [-0.05, 0) is 62.9 Å². The van der Waals surface area contributed by atoms with Gasteiger partial charge in [-0.2, -0.15) is 0 Å². The maximum Gasteiger partial charge on any atom is 0.132 e. The fraction of sp³-hybridized carbons (Fsp3) is 0.250. The van der Waals surface area contributed by atoms with Crippen molar-refractivity contribution in [1.82, 2.24) is 5.32 Å². The summed E-state index contributed by atoms with van der Waals surface area (Å²) in [5.74, 6) is 0.494. The van der Waals surface area contributed by atoms with Crippen LogP contribution in [-0.4, -0.2) is 7.05 Å². The predicted molar refractivity (Wildman–Crippen MR) is 75.1 cm³/mol. The molecule has 2 nitrogen and oxygen atoms in total. The first-order chi connectivity index (χ1) is 9.51. The molecule has 0 heterocycles. The maximum absolute atomic E-state index is 13.4. The lowest BCUT2D eigenvalue weighted by Gasteiger charge is -2.17. The summed E-state index contributed by atoms with van der Waals surface area (Å²) < 4.78 is 32.3. The minimum Gasteiger partial charge on any atom is -0.457 e. The summed E-state index contributed by atoms with van der Waals surface area (Å²) in [6.45, 7) is 3.68. The molecule has 0 spiro atoms. The summed E-state index contributed by atoms with van der Waals surface area (Å²) in [4.78, 5) is 0. The van der Waals surface area contributed by atoms with Crippen LogP contribution < -0.4 is 10.1 Å². The first-order valence-electron chi connectivity index (χ1n) is 6.42. The molecule has 0 radical (unpaired) electrons. The van der Waals surface area contributed by atoms with Crippen molar-refractivity contribution in [1.29, 1.82) is 0 Å². The van der Waals surface area contributed by atoms with Gasteiger partial charge in [0.1, 0.15) is 23.1 Å². The molecule has 1 N–H and O–H groups in total. The minimum absolute atomic E-state index is 0.0542. The molecular formula is C16H17F2NO. The van der Waals surface area contributed by atoms with Crippen molar-refractivity contribution < 1.29 is 13.5 Å². The van der Waals surface area contributed by atoms with Crippen LogP contribution >= 0.6 is 0 Å². The quantitative estimate of drug-likeness (QED) is 0.897. The van der Waals surface area contributed by atoms with Gasteiger partial charge in [-0.3, -0.25) is 0 Å². The molecule has 0 aliphatic rings. The molecule has 2 aromatic carbocycles. The van der Waals surface area contributed by atoms with Crippen LogP contribution in [0.1, 0.15) is 24.1 Å². The fourth-order valence-electron chi connectivity index (χ4n) is 1.95. The molecule has 0 bridgehead atoms. The number of aryl methyl sites for hydroxylation is 1. The summed E-state index contributed by atoms with van der Waals surface area (Å²) in [7, 11) is 1.79. The number of hydrogen-bond acceptors (Lipinski definition) is 2. The lowest BCUT2D eigenvalue weighted by atomic mass is 10.1. The van der Waals surface area contributed by atoms with E-state index in [0.29, 0.717) is 17.1 Å². The molecule has 0 fully saturated rings. The highest BCUT2D eigenvalue weighted by Gasteiger charge is 2.13. The van der Waals surface area contributed by atoms with E-state index in [-0.39, 0.29) is 17.7 Å². The van der Waals surface area contributed by atoms with Crippen LogP contribution in [-0.2, 0) is 0 Å². The molecule has 0 saturated carbocycles. The molecule has 1 atom stereocenters. The lowest BCUT2D eigenvalue weighted by Crippen LogP contribution is -2.13. The van der Waals surface area contributed by atoms with Gasteiger partial charge in [-0.25, -0.2) is 8.78 Å². The Morgan fingerprint density at radius 3 is 2.20 bits per heavy atom. The van der Waals surface area contributed by atoms with Gasteiger partial charge >= 0.3 is 0 Å². The van der Waals surface area contributed by atoms with Crippen LogP contribution in [0.3, 0.4) is 0 Å². The van der Waals surface area contributed by atoms with Crippen molar-refractivity contribution in [3.8, 4) is 11.5 Å². The van der Waals surface area contributed by atoms with Crippen LogP contribution in [0.4, 0.5) is 8.78 Å². The highest BCUT2D eigenvalue weighted by molar-refractivity contribution is 5.42. The van der Waals surface area contributed by atoms with E-state index in [0.717, 1.165) is 5.56 Å². The molecule has 0 aromatic heterocycles. The predicted octanol–water partition coefficient (Wildman–Crippen LogP) is 4.35. The third-order valence-electron chi connectivity index (χ3n) is 3.23. The highest BCUT2D eigenvalue weighted by atomic mass is 19.1. The van der Waals surface area contributed by atoms with Crippen LogP contribution in [0.25, 0.3) is 0 Å². The number of halogens is 2. The fourth-order valence-corrected chi connectivity index (χ4v) is 1.95. The van der Waals surface area contributed by atoms with E-state index in [1.54, 1.807) is 26.1 Å². The van der Waals surface area contributed by atoms with Crippen LogP contribution in [0, 0.1) is 18.6 Å². The monoisotopic (exact) mass is 277 g/mol. The zero-order valence-electron chi connectivity index (χ0n) is 11.7. The summed E-state index contributed by atoms with van der Waals surface area (Å²) in [5, 5.41) is 3.05. The van der Waals surface area contributed by atoms with Crippen molar-refractivity contribution in [3.05, 3.63) is 59.2 Å². The second kappa shape index (κ2) is 6.01. The van der Waals surface area contributed by atoms with Gasteiger partial charge in [-0.15, -0.1) is 0 Å². The summed E-state index contributed by atoms with van der Waals surface area (Å²) in [6, 6.07) is 8.63. The number of nitrogens with one attached hydrogen (secondary N) is 1. The van der Waals surface area contributed by atoms with E-state index < -0.39 is 0 Å². The molecule has 20 heavy (non-hydrogen) atoms. The maximum atomic E-state index is 13.4.